The van der Waals surface area contributed by atoms with Gasteiger partial charge in [0.15, 0.2) is 0 Å². The first kappa shape index (κ1) is 18.5. The molecule has 0 aromatic heterocycles. The molecule has 0 saturated carbocycles. The number of carbonyl (C=O) groups excluding carboxylic acids is 1. The van der Waals surface area contributed by atoms with Gasteiger partial charge in [0.25, 0.3) is 0 Å². The molecular formula is C20H24N2O3. The minimum Gasteiger partial charge on any atom is -0.489 e. The van der Waals surface area contributed by atoms with Gasteiger partial charge < -0.3 is 10.1 Å². The van der Waals surface area contributed by atoms with E-state index in [2.05, 4.69) is 24.9 Å². The second-order valence-electron chi connectivity index (χ2n) is 5.70. The Balaban J connectivity index is 2.26. The van der Waals surface area contributed by atoms with Crippen LogP contribution in [0.3, 0.4) is 0 Å². The number of hydrogen-bond donors (Lipinski definition) is 2. The van der Waals surface area contributed by atoms with Crippen molar-refractivity contribution in [3.05, 3.63) is 65.2 Å². The number of carbonyl (C=O) groups is 1. The van der Waals surface area contributed by atoms with Crippen molar-refractivity contribution in [1.82, 2.24) is 5.32 Å². The topological polar surface area (TPSA) is 61.8 Å². The lowest BCUT2D eigenvalue weighted by molar-refractivity contribution is 0.205. The van der Waals surface area contributed by atoms with Crippen molar-refractivity contribution in [2.45, 2.75) is 26.9 Å². The summed E-state index contributed by atoms with van der Waals surface area (Å²) in [5, 5.41) is 13.1. The Morgan fingerprint density at radius 2 is 2.08 bits per heavy atom. The number of benzene rings is 2. The minimum atomic E-state index is -0.619. The average Bonchev–Trinajstić information content (AvgIpc) is 2.65. The maximum Gasteiger partial charge on any atom is 0.345 e. The number of hydroxylamine groups is 1. The molecule has 0 spiro atoms. The Kier molecular flexibility index (Phi) is 6.19. The third-order valence-corrected chi connectivity index (χ3v) is 4.01. The van der Waals surface area contributed by atoms with Crippen LogP contribution in [0.5, 0.6) is 5.75 Å². The summed E-state index contributed by atoms with van der Waals surface area (Å²) < 4.78 is 5.90. The van der Waals surface area contributed by atoms with Gasteiger partial charge in [-0.1, -0.05) is 43.8 Å². The number of urea groups is 1. The second-order valence-corrected chi connectivity index (χ2v) is 5.70. The Morgan fingerprint density at radius 1 is 1.32 bits per heavy atom. The lowest BCUT2D eigenvalue weighted by Crippen LogP contribution is -2.36. The van der Waals surface area contributed by atoms with E-state index in [0.29, 0.717) is 16.3 Å². The standard InChI is InChI=1S/C20H24N2O3/c1-5-15-8-10-19(14(3)11-15)25-13-17-9-7-16(6-2)12-18(17)22(24)20(23)21-4/h6-12,24H,2,5,13H2,1,3-4H3,(H,21,23). The van der Waals surface area contributed by atoms with E-state index < -0.39 is 6.03 Å². The first-order valence-electron chi connectivity index (χ1n) is 8.18. The van der Waals surface area contributed by atoms with Gasteiger partial charge in [-0.2, -0.15) is 5.06 Å². The van der Waals surface area contributed by atoms with Gasteiger partial charge in [-0.15, -0.1) is 0 Å². The van der Waals surface area contributed by atoms with Crippen molar-refractivity contribution >= 4 is 17.8 Å². The number of rotatable bonds is 6. The van der Waals surface area contributed by atoms with Gasteiger partial charge in [0.1, 0.15) is 12.4 Å². The molecule has 0 unspecified atom stereocenters. The summed E-state index contributed by atoms with van der Waals surface area (Å²) in [6.07, 6.45) is 2.62. The zero-order chi connectivity index (χ0) is 18.4. The molecule has 5 heteroatoms. The average molecular weight is 340 g/mol. The first-order chi connectivity index (χ1) is 12.0. The zero-order valence-electron chi connectivity index (χ0n) is 14.9. The smallest absolute Gasteiger partial charge is 0.345 e. The van der Waals surface area contributed by atoms with Crippen molar-refractivity contribution in [1.29, 1.82) is 0 Å². The Labute approximate surface area is 148 Å². The van der Waals surface area contributed by atoms with Crippen molar-refractivity contribution < 1.29 is 14.7 Å². The number of aryl methyl sites for hydroxylation is 2. The van der Waals surface area contributed by atoms with Gasteiger partial charge >= 0.3 is 6.03 Å². The molecule has 2 aromatic carbocycles. The van der Waals surface area contributed by atoms with E-state index in [9.17, 15) is 10.0 Å². The van der Waals surface area contributed by atoms with Crippen molar-refractivity contribution in [2.75, 3.05) is 12.1 Å². The fourth-order valence-corrected chi connectivity index (χ4v) is 2.49. The highest BCUT2D eigenvalue weighted by atomic mass is 16.5. The van der Waals surface area contributed by atoms with Crippen LogP contribution in [0.15, 0.2) is 43.0 Å². The number of ether oxygens (including phenoxy) is 1. The summed E-state index contributed by atoms with van der Waals surface area (Å²) in [7, 11) is 1.46. The highest BCUT2D eigenvalue weighted by Gasteiger charge is 2.16. The van der Waals surface area contributed by atoms with Crippen LogP contribution in [0, 0.1) is 6.92 Å². The first-order valence-corrected chi connectivity index (χ1v) is 8.18. The number of nitrogens with one attached hydrogen (secondary N) is 1. The number of anilines is 1. The molecule has 25 heavy (non-hydrogen) atoms. The minimum absolute atomic E-state index is 0.229. The second kappa shape index (κ2) is 8.35. The summed E-state index contributed by atoms with van der Waals surface area (Å²) in [4.78, 5) is 11.8. The van der Waals surface area contributed by atoms with Gasteiger partial charge in [-0.05, 0) is 42.2 Å². The van der Waals surface area contributed by atoms with Crippen LogP contribution in [0.1, 0.15) is 29.2 Å². The van der Waals surface area contributed by atoms with E-state index >= 15 is 0 Å². The van der Waals surface area contributed by atoms with Gasteiger partial charge in [0.2, 0.25) is 0 Å². The molecule has 2 aromatic rings. The van der Waals surface area contributed by atoms with E-state index in [1.54, 1.807) is 12.1 Å². The zero-order valence-corrected chi connectivity index (χ0v) is 14.9. The molecule has 0 aliphatic heterocycles. The summed E-state index contributed by atoms with van der Waals surface area (Å²) in [5.74, 6) is 0.778. The fraction of sp³-hybridized carbons (Fsp3) is 0.250. The molecule has 0 atom stereocenters. The Bertz CT molecular complexity index is 772. The van der Waals surface area contributed by atoms with Crippen LogP contribution in [-0.4, -0.2) is 18.3 Å². The van der Waals surface area contributed by atoms with Crippen LogP contribution in [0.25, 0.3) is 6.08 Å². The Morgan fingerprint density at radius 3 is 2.68 bits per heavy atom. The summed E-state index contributed by atoms with van der Waals surface area (Å²) in [5.41, 5.74) is 4.15. The summed E-state index contributed by atoms with van der Waals surface area (Å²) in [6, 6.07) is 10.8. The molecule has 132 valence electrons. The molecule has 2 N–H and O–H groups in total. The number of nitrogens with zero attached hydrogens (tertiary/aromatic N) is 1. The number of amides is 2. The highest BCUT2D eigenvalue weighted by molar-refractivity contribution is 5.90. The van der Waals surface area contributed by atoms with E-state index in [1.807, 2.05) is 31.2 Å². The lowest BCUT2D eigenvalue weighted by Gasteiger charge is -2.19. The van der Waals surface area contributed by atoms with Crippen LogP contribution < -0.4 is 15.1 Å². The molecule has 0 saturated heterocycles. The fourth-order valence-electron chi connectivity index (χ4n) is 2.49. The van der Waals surface area contributed by atoms with Crippen LogP contribution >= 0.6 is 0 Å². The normalized spacial score (nSPS) is 10.2. The Hall–Kier alpha value is -2.79. The monoisotopic (exact) mass is 340 g/mol. The van der Waals surface area contributed by atoms with E-state index in [0.717, 1.165) is 23.3 Å². The van der Waals surface area contributed by atoms with Crippen LogP contribution in [0.4, 0.5) is 10.5 Å². The van der Waals surface area contributed by atoms with Gasteiger partial charge in [-0.25, -0.2) is 4.79 Å². The predicted octanol–water partition coefficient (Wildman–Crippen LogP) is 4.31. The highest BCUT2D eigenvalue weighted by Crippen LogP contribution is 2.26. The molecule has 2 rings (SSSR count). The van der Waals surface area contributed by atoms with Gasteiger partial charge in [0, 0.05) is 12.6 Å². The molecule has 0 bridgehead atoms. The third-order valence-electron chi connectivity index (χ3n) is 4.01. The van der Waals surface area contributed by atoms with E-state index in [-0.39, 0.29) is 6.61 Å². The summed E-state index contributed by atoms with van der Waals surface area (Å²) in [6.45, 7) is 8.05. The third kappa shape index (κ3) is 4.39. The number of hydrogen-bond acceptors (Lipinski definition) is 3. The molecule has 0 aliphatic rings. The molecular weight excluding hydrogens is 316 g/mol. The largest absolute Gasteiger partial charge is 0.489 e. The van der Waals surface area contributed by atoms with Crippen LogP contribution in [0.2, 0.25) is 0 Å². The van der Waals surface area contributed by atoms with Crippen molar-refractivity contribution in [2.24, 2.45) is 0 Å². The lowest BCUT2D eigenvalue weighted by atomic mass is 10.1. The summed E-state index contributed by atoms with van der Waals surface area (Å²) >= 11 is 0. The predicted molar refractivity (Wildman–Crippen MR) is 100 cm³/mol. The van der Waals surface area contributed by atoms with Crippen molar-refractivity contribution in [3.63, 3.8) is 0 Å². The van der Waals surface area contributed by atoms with Crippen LogP contribution in [-0.2, 0) is 13.0 Å². The SMILES string of the molecule is C=Cc1ccc(COc2ccc(CC)cc2C)c(N(O)C(=O)NC)c1. The van der Waals surface area contributed by atoms with E-state index in [1.165, 1.54) is 12.6 Å². The molecule has 0 fully saturated rings. The molecule has 2 amide bonds. The molecule has 5 nitrogen and oxygen atoms in total. The maximum absolute atomic E-state index is 11.8. The maximum atomic E-state index is 11.8. The van der Waals surface area contributed by atoms with Gasteiger partial charge in [-0.3, -0.25) is 5.21 Å². The van der Waals surface area contributed by atoms with Crippen molar-refractivity contribution in [3.8, 4) is 5.75 Å². The molecule has 0 radical (unpaired) electrons. The quantitative estimate of drug-likeness (QED) is 0.608. The van der Waals surface area contributed by atoms with Gasteiger partial charge in [0.05, 0.1) is 5.69 Å². The molecule has 0 aliphatic carbocycles. The van der Waals surface area contributed by atoms with E-state index in [4.69, 9.17) is 4.74 Å². The molecule has 0 heterocycles.